The van der Waals surface area contributed by atoms with Crippen LogP contribution in [0.1, 0.15) is 15.9 Å². The van der Waals surface area contributed by atoms with Crippen molar-refractivity contribution in [3.05, 3.63) is 84.2 Å². The SMILES string of the molecule is O=C(c1cnoc1-c1ccccc1)c1cnoc1-c1ccccc1. The van der Waals surface area contributed by atoms with Gasteiger partial charge in [-0.25, -0.2) is 0 Å². The fourth-order valence-corrected chi connectivity index (χ4v) is 2.54. The van der Waals surface area contributed by atoms with Crippen molar-refractivity contribution in [2.45, 2.75) is 0 Å². The molecule has 2 aromatic carbocycles. The second kappa shape index (κ2) is 5.96. The molecule has 0 fully saturated rings. The molecule has 0 radical (unpaired) electrons. The van der Waals surface area contributed by atoms with E-state index in [1.54, 1.807) is 0 Å². The molecule has 0 saturated carbocycles. The molecule has 0 amide bonds. The van der Waals surface area contributed by atoms with E-state index in [1.165, 1.54) is 12.4 Å². The average molecular weight is 316 g/mol. The van der Waals surface area contributed by atoms with E-state index in [9.17, 15) is 4.79 Å². The summed E-state index contributed by atoms with van der Waals surface area (Å²) >= 11 is 0. The van der Waals surface area contributed by atoms with Gasteiger partial charge in [-0.2, -0.15) is 0 Å². The van der Waals surface area contributed by atoms with Crippen molar-refractivity contribution in [1.29, 1.82) is 0 Å². The maximum atomic E-state index is 13.0. The summed E-state index contributed by atoms with van der Waals surface area (Å²) < 4.78 is 10.6. The van der Waals surface area contributed by atoms with Gasteiger partial charge in [-0.15, -0.1) is 0 Å². The van der Waals surface area contributed by atoms with Gasteiger partial charge in [0.25, 0.3) is 0 Å². The summed E-state index contributed by atoms with van der Waals surface area (Å²) in [5, 5.41) is 7.57. The first-order valence-electron chi connectivity index (χ1n) is 7.39. The third-order valence-electron chi connectivity index (χ3n) is 3.70. The highest BCUT2D eigenvalue weighted by Crippen LogP contribution is 2.29. The Morgan fingerprint density at radius 1 is 0.667 bits per heavy atom. The zero-order chi connectivity index (χ0) is 16.4. The minimum absolute atomic E-state index is 0.241. The van der Waals surface area contributed by atoms with Crippen molar-refractivity contribution in [1.82, 2.24) is 10.3 Å². The predicted octanol–water partition coefficient (Wildman–Crippen LogP) is 4.23. The van der Waals surface area contributed by atoms with Crippen molar-refractivity contribution in [2.75, 3.05) is 0 Å². The Bertz CT molecular complexity index is 892. The van der Waals surface area contributed by atoms with E-state index in [4.69, 9.17) is 9.05 Å². The molecule has 0 bridgehead atoms. The van der Waals surface area contributed by atoms with Gasteiger partial charge < -0.3 is 9.05 Å². The van der Waals surface area contributed by atoms with Gasteiger partial charge in [0, 0.05) is 11.1 Å². The van der Waals surface area contributed by atoms with Crippen LogP contribution in [0.25, 0.3) is 22.6 Å². The second-order valence-electron chi connectivity index (χ2n) is 5.20. The maximum Gasteiger partial charge on any atom is 0.204 e. The van der Waals surface area contributed by atoms with Gasteiger partial charge in [0.15, 0.2) is 11.5 Å². The van der Waals surface area contributed by atoms with Crippen LogP contribution in [0, 0.1) is 0 Å². The number of aromatic nitrogens is 2. The zero-order valence-corrected chi connectivity index (χ0v) is 12.5. The number of hydrogen-bond acceptors (Lipinski definition) is 5. The van der Waals surface area contributed by atoms with E-state index in [-0.39, 0.29) is 5.78 Å². The molecular formula is C19H12N2O3. The van der Waals surface area contributed by atoms with Crippen LogP contribution in [-0.4, -0.2) is 16.1 Å². The molecule has 4 aromatic rings. The van der Waals surface area contributed by atoms with Crippen LogP contribution in [0.15, 0.2) is 82.1 Å². The van der Waals surface area contributed by atoms with Crippen LogP contribution >= 0.6 is 0 Å². The van der Waals surface area contributed by atoms with Crippen molar-refractivity contribution < 1.29 is 13.8 Å². The number of hydrogen-bond donors (Lipinski definition) is 0. The van der Waals surface area contributed by atoms with E-state index in [1.807, 2.05) is 60.7 Å². The second-order valence-corrected chi connectivity index (χ2v) is 5.20. The minimum atomic E-state index is -0.241. The van der Waals surface area contributed by atoms with Gasteiger partial charge in [-0.1, -0.05) is 71.0 Å². The van der Waals surface area contributed by atoms with Crippen molar-refractivity contribution >= 4 is 5.78 Å². The lowest BCUT2D eigenvalue weighted by Gasteiger charge is -2.01. The largest absolute Gasteiger partial charge is 0.356 e. The molecule has 0 N–H and O–H groups in total. The third kappa shape index (κ3) is 2.42. The van der Waals surface area contributed by atoms with Crippen LogP contribution in [0.3, 0.4) is 0 Å². The molecule has 0 atom stereocenters. The van der Waals surface area contributed by atoms with Gasteiger partial charge in [0.05, 0.1) is 23.5 Å². The van der Waals surface area contributed by atoms with Crippen LogP contribution in [0.2, 0.25) is 0 Å². The highest BCUT2D eigenvalue weighted by atomic mass is 16.5. The molecule has 5 heteroatoms. The molecule has 0 unspecified atom stereocenters. The van der Waals surface area contributed by atoms with E-state index < -0.39 is 0 Å². The molecule has 5 nitrogen and oxygen atoms in total. The molecule has 4 rings (SSSR count). The first-order valence-corrected chi connectivity index (χ1v) is 7.39. The number of benzene rings is 2. The minimum Gasteiger partial charge on any atom is -0.356 e. The first-order chi connectivity index (χ1) is 11.8. The molecule has 0 spiro atoms. The Kier molecular flexibility index (Phi) is 3.51. The van der Waals surface area contributed by atoms with Crippen LogP contribution in [-0.2, 0) is 0 Å². The fourth-order valence-electron chi connectivity index (χ4n) is 2.54. The van der Waals surface area contributed by atoms with Crippen molar-refractivity contribution in [3.63, 3.8) is 0 Å². The average Bonchev–Trinajstić information content (AvgIpc) is 3.32. The highest BCUT2D eigenvalue weighted by Gasteiger charge is 2.24. The topological polar surface area (TPSA) is 69.1 Å². The summed E-state index contributed by atoms with van der Waals surface area (Å²) in [6, 6.07) is 18.8. The van der Waals surface area contributed by atoms with Gasteiger partial charge in [-0.05, 0) is 0 Å². The van der Waals surface area contributed by atoms with Gasteiger partial charge in [0.1, 0.15) is 0 Å². The van der Waals surface area contributed by atoms with Gasteiger partial charge >= 0.3 is 0 Å². The summed E-state index contributed by atoms with van der Waals surface area (Å²) in [6.45, 7) is 0. The van der Waals surface area contributed by atoms with Gasteiger partial charge in [-0.3, -0.25) is 4.79 Å². The standard InChI is InChI=1S/C19H12N2O3/c22-17(15-11-20-23-18(15)13-7-3-1-4-8-13)16-12-21-24-19(16)14-9-5-2-6-10-14/h1-12H. The number of ketones is 1. The number of nitrogens with zero attached hydrogens (tertiary/aromatic N) is 2. The normalized spacial score (nSPS) is 10.7. The maximum absolute atomic E-state index is 13.0. The summed E-state index contributed by atoms with van der Waals surface area (Å²) in [7, 11) is 0. The summed E-state index contributed by atoms with van der Waals surface area (Å²) in [6.07, 6.45) is 2.85. The lowest BCUT2D eigenvalue weighted by Crippen LogP contribution is -2.02. The Labute approximate surface area is 137 Å². The Morgan fingerprint density at radius 3 is 1.50 bits per heavy atom. The first kappa shape index (κ1) is 14.1. The quantitative estimate of drug-likeness (QED) is 0.527. The van der Waals surface area contributed by atoms with Crippen molar-refractivity contribution in [2.24, 2.45) is 0 Å². The number of carbonyl (C=O) groups excluding carboxylic acids is 1. The highest BCUT2D eigenvalue weighted by molar-refractivity contribution is 6.14. The van der Waals surface area contributed by atoms with E-state index in [0.717, 1.165) is 11.1 Å². The molecule has 0 aliphatic carbocycles. The smallest absolute Gasteiger partial charge is 0.204 e. The van der Waals surface area contributed by atoms with Gasteiger partial charge in [0.2, 0.25) is 5.78 Å². The molecule has 2 heterocycles. The Balaban J connectivity index is 1.78. The molecule has 24 heavy (non-hydrogen) atoms. The summed E-state index contributed by atoms with van der Waals surface area (Å²) in [5.74, 6) is 0.622. The van der Waals surface area contributed by atoms with Crippen molar-refractivity contribution in [3.8, 4) is 22.6 Å². The molecule has 0 aliphatic rings. The molecular weight excluding hydrogens is 304 g/mol. The molecule has 2 aromatic heterocycles. The Hall–Kier alpha value is -3.47. The van der Waals surface area contributed by atoms with E-state index in [2.05, 4.69) is 10.3 Å². The third-order valence-corrected chi connectivity index (χ3v) is 3.70. The molecule has 0 aliphatic heterocycles. The molecule has 116 valence electrons. The number of carbonyl (C=O) groups is 1. The summed E-state index contributed by atoms with van der Waals surface area (Å²) in [5.41, 5.74) is 2.33. The van der Waals surface area contributed by atoms with E-state index in [0.29, 0.717) is 22.6 Å². The van der Waals surface area contributed by atoms with Crippen LogP contribution in [0.5, 0.6) is 0 Å². The van der Waals surface area contributed by atoms with Crippen LogP contribution in [0.4, 0.5) is 0 Å². The summed E-state index contributed by atoms with van der Waals surface area (Å²) in [4.78, 5) is 13.0. The lowest BCUT2D eigenvalue weighted by molar-refractivity contribution is 0.103. The fraction of sp³-hybridized carbons (Fsp3) is 0. The monoisotopic (exact) mass is 316 g/mol. The zero-order valence-electron chi connectivity index (χ0n) is 12.5. The van der Waals surface area contributed by atoms with Crippen LogP contribution < -0.4 is 0 Å². The van der Waals surface area contributed by atoms with E-state index >= 15 is 0 Å². The number of rotatable bonds is 4. The lowest BCUT2D eigenvalue weighted by atomic mass is 9.99. The predicted molar refractivity (Wildman–Crippen MR) is 87.3 cm³/mol. The Morgan fingerprint density at radius 2 is 1.08 bits per heavy atom. The molecule has 0 saturated heterocycles.